The minimum atomic E-state index is -0.0563. The lowest BCUT2D eigenvalue weighted by Gasteiger charge is -2.37. The van der Waals surface area contributed by atoms with Gasteiger partial charge in [-0.3, -0.25) is 5.32 Å². The van der Waals surface area contributed by atoms with Gasteiger partial charge < -0.3 is 9.80 Å². The number of nitrogens with one attached hydrogen (secondary N) is 1. The molecule has 0 aromatic carbocycles. The van der Waals surface area contributed by atoms with E-state index in [1.54, 1.807) is 0 Å². The Morgan fingerprint density at radius 3 is 2.44 bits per heavy atom. The van der Waals surface area contributed by atoms with Gasteiger partial charge in [0.25, 0.3) is 0 Å². The molecule has 0 bridgehead atoms. The third-order valence-electron chi connectivity index (χ3n) is 3.79. The fourth-order valence-corrected chi connectivity index (χ4v) is 2.65. The van der Waals surface area contributed by atoms with Crippen LogP contribution in [0.5, 0.6) is 0 Å². The lowest BCUT2D eigenvalue weighted by atomic mass is 10.0. The summed E-state index contributed by atoms with van der Waals surface area (Å²) in [5, 5.41) is 12.5. The van der Waals surface area contributed by atoms with E-state index in [2.05, 4.69) is 49.0 Å². The molecule has 0 saturated carbocycles. The van der Waals surface area contributed by atoms with Crippen LogP contribution in [0, 0.1) is 11.3 Å². The van der Waals surface area contributed by atoms with E-state index in [9.17, 15) is 0 Å². The van der Waals surface area contributed by atoms with E-state index < -0.39 is 0 Å². The van der Waals surface area contributed by atoms with Gasteiger partial charge in [-0.2, -0.15) is 5.26 Å². The molecular weight excluding hydrogens is 224 g/mol. The van der Waals surface area contributed by atoms with Crippen LogP contribution in [-0.4, -0.2) is 61.2 Å². The van der Waals surface area contributed by atoms with E-state index in [1.807, 2.05) is 0 Å². The largest absolute Gasteiger partial charge is 0.303 e. The molecule has 104 valence electrons. The first-order chi connectivity index (χ1) is 8.56. The summed E-state index contributed by atoms with van der Waals surface area (Å²) in [7, 11) is 2.15. The van der Waals surface area contributed by atoms with Crippen molar-refractivity contribution in [2.45, 2.75) is 51.7 Å². The molecule has 4 nitrogen and oxygen atoms in total. The number of hydrogen-bond acceptors (Lipinski definition) is 4. The van der Waals surface area contributed by atoms with Crippen LogP contribution in [-0.2, 0) is 0 Å². The zero-order valence-electron chi connectivity index (χ0n) is 12.3. The second-order valence-corrected chi connectivity index (χ2v) is 5.61. The van der Waals surface area contributed by atoms with E-state index in [1.165, 1.54) is 25.9 Å². The first kappa shape index (κ1) is 15.4. The molecule has 1 unspecified atom stereocenters. The lowest BCUT2D eigenvalue weighted by Crippen LogP contribution is -2.48. The Balaban J connectivity index is 2.36. The summed E-state index contributed by atoms with van der Waals surface area (Å²) < 4.78 is 0. The van der Waals surface area contributed by atoms with Crippen molar-refractivity contribution in [3.05, 3.63) is 0 Å². The molecule has 0 radical (unpaired) electrons. The average molecular weight is 252 g/mol. The van der Waals surface area contributed by atoms with Crippen LogP contribution in [0.3, 0.4) is 0 Å². The molecule has 18 heavy (non-hydrogen) atoms. The van der Waals surface area contributed by atoms with Crippen molar-refractivity contribution in [1.82, 2.24) is 15.1 Å². The van der Waals surface area contributed by atoms with Gasteiger partial charge in [0, 0.05) is 18.6 Å². The van der Waals surface area contributed by atoms with Crippen molar-refractivity contribution < 1.29 is 0 Å². The molecule has 1 aliphatic rings. The molecule has 0 aromatic heterocycles. The number of nitriles is 1. The first-order valence-corrected chi connectivity index (χ1v) is 7.15. The molecule has 4 heteroatoms. The maximum atomic E-state index is 9.15. The summed E-state index contributed by atoms with van der Waals surface area (Å²) in [6, 6.07) is 3.31. The molecule has 0 spiro atoms. The number of nitrogens with zero attached hydrogens (tertiary/aromatic N) is 3. The Labute approximate surface area is 112 Å². The molecule has 1 rings (SSSR count). The standard InChI is InChI=1S/C14H28N4/c1-5-18-8-6-14(7-9-18)17(4)11-13(10-15)16-12(2)3/h12-14,16H,5-9,11H2,1-4H3. The smallest absolute Gasteiger partial charge is 0.108 e. The molecule has 0 amide bonds. The third kappa shape index (κ3) is 4.93. The Hall–Kier alpha value is -0.630. The molecular formula is C14H28N4. The monoisotopic (exact) mass is 252 g/mol. The van der Waals surface area contributed by atoms with Crippen LogP contribution in [0.1, 0.15) is 33.6 Å². The Bertz CT molecular complexity index is 263. The van der Waals surface area contributed by atoms with Crippen LogP contribution < -0.4 is 5.32 Å². The van der Waals surface area contributed by atoms with Crippen LogP contribution >= 0.6 is 0 Å². The van der Waals surface area contributed by atoms with E-state index in [4.69, 9.17) is 5.26 Å². The van der Waals surface area contributed by atoms with E-state index >= 15 is 0 Å². The molecule has 1 fully saturated rings. The summed E-state index contributed by atoms with van der Waals surface area (Å²) in [5.41, 5.74) is 0. The van der Waals surface area contributed by atoms with Gasteiger partial charge >= 0.3 is 0 Å². The summed E-state index contributed by atoms with van der Waals surface area (Å²) >= 11 is 0. The fraction of sp³-hybridized carbons (Fsp3) is 0.929. The highest BCUT2D eigenvalue weighted by Crippen LogP contribution is 2.15. The lowest BCUT2D eigenvalue weighted by molar-refractivity contribution is 0.127. The quantitative estimate of drug-likeness (QED) is 0.773. The second kappa shape index (κ2) is 7.73. The van der Waals surface area contributed by atoms with Crippen molar-refractivity contribution in [2.75, 3.05) is 33.2 Å². The van der Waals surface area contributed by atoms with E-state index in [0.717, 1.165) is 13.1 Å². The van der Waals surface area contributed by atoms with Crippen molar-refractivity contribution in [2.24, 2.45) is 0 Å². The van der Waals surface area contributed by atoms with Gasteiger partial charge in [-0.15, -0.1) is 0 Å². The maximum absolute atomic E-state index is 9.15. The summed E-state index contributed by atoms with van der Waals surface area (Å²) in [5.74, 6) is 0. The number of piperidine rings is 1. The summed E-state index contributed by atoms with van der Waals surface area (Å²) in [4.78, 5) is 4.86. The highest BCUT2D eigenvalue weighted by Gasteiger charge is 2.23. The van der Waals surface area contributed by atoms with Crippen molar-refractivity contribution >= 4 is 0 Å². The van der Waals surface area contributed by atoms with Crippen LogP contribution in [0.25, 0.3) is 0 Å². The zero-order chi connectivity index (χ0) is 13.5. The van der Waals surface area contributed by atoms with Crippen molar-refractivity contribution in [3.63, 3.8) is 0 Å². The molecule has 1 saturated heterocycles. The highest BCUT2D eigenvalue weighted by atomic mass is 15.2. The van der Waals surface area contributed by atoms with Gasteiger partial charge in [-0.1, -0.05) is 6.92 Å². The van der Waals surface area contributed by atoms with Gasteiger partial charge in [0.15, 0.2) is 0 Å². The molecule has 0 aliphatic carbocycles. The fourth-order valence-electron chi connectivity index (χ4n) is 2.65. The predicted octanol–water partition coefficient (Wildman–Crippen LogP) is 1.29. The number of likely N-dealkylation sites (tertiary alicyclic amines) is 1. The highest BCUT2D eigenvalue weighted by molar-refractivity contribution is 4.94. The Morgan fingerprint density at radius 2 is 2.00 bits per heavy atom. The molecule has 0 aromatic rings. The maximum Gasteiger partial charge on any atom is 0.108 e. The SMILES string of the molecule is CCN1CCC(N(C)CC(C#N)NC(C)C)CC1. The number of rotatable bonds is 6. The van der Waals surface area contributed by atoms with Crippen molar-refractivity contribution in [3.8, 4) is 6.07 Å². The normalized spacial score (nSPS) is 20.3. The van der Waals surface area contributed by atoms with Gasteiger partial charge in [0.05, 0.1) is 6.07 Å². The topological polar surface area (TPSA) is 42.3 Å². The van der Waals surface area contributed by atoms with Gasteiger partial charge in [0.2, 0.25) is 0 Å². The third-order valence-corrected chi connectivity index (χ3v) is 3.79. The minimum absolute atomic E-state index is 0.0563. The Kier molecular flexibility index (Phi) is 6.62. The number of likely N-dealkylation sites (N-methyl/N-ethyl adjacent to an activating group) is 1. The van der Waals surface area contributed by atoms with Crippen LogP contribution in [0.2, 0.25) is 0 Å². The predicted molar refractivity (Wildman–Crippen MR) is 75.4 cm³/mol. The van der Waals surface area contributed by atoms with Gasteiger partial charge in [-0.05, 0) is 53.4 Å². The van der Waals surface area contributed by atoms with Crippen LogP contribution in [0.4, 0.5) is 0 Å². The molecule has 1 aliphatic heterocycles. The zero-order valence-corrected chi connectivity index (χ0v) is 12.3. The van der Waals surface area contributed by atoms with Gasteiger partial charge in [-0.25, -0.2) is 0 Å². The summed E-state index contributed by atoms with van der Waals surface area (Å²) in [6.45, 7) is 10.8. The van der Waals surface area contributed by atoms with Crippen molar-refractivity contribution in [1.29, 1.82) is 5.26 Å². The minimum Gasteiger partial charge on any atom is -0.303 e. The van der Waals surface area contributed by atoms with Crippen LogP contribution in [0.15, 0.2) is 0 Å². The van der Waals surface area contributed by atoms with Gasteiger partial charge in [0.1, 0.15) is 6.04 Å². The number of hydrogen-bond donors (Lipinski definition) is 1. The Morgan fingerprint density at radius 1 is 1.39 bits per heavy atom. The summed E-state index contributed by atoms with van der Waals surface area (Å²) in [6.07, 6.45) is 2.45. The molecule has 1 N–H and O–H groups in total. The molecule has 1 atom stereocenters. The molecule has 1 heterocycles. The second-order valence-electron chi connectivity index (χ2n) is 5.61. The first-order valence-electron chi connectivity index (χ1n) is 7.15. The average Bonchev–Trinajstić information content (AvgIpc) is 2.37. The van der Waals surface area contributed by atoms with E-state index in [0.29, 0.717) is 12.1 Å². The van der Waals surface area contributed by atoms with E-state index in [-0.39, 0.29) is 6.04 Å².